The first kappa shape index (κ1) is 15.8. The van der Waals surface area contributed by atoms with Gasteiger partial charge in [-0.15, -0.1) is 0 Å². The van der Waals surface area contributed by atoms with Gasteiger partial charge in [0.25, 0.3) is 0 Å². The molecular formula is C15H13BrClFN2O. The molecule has 1 amide bonds. The standard InChI is InChI=1S/C15H13BrClFN2O/c1-9(19-12-4-2-3-10(16)7-12)15(21)20-14-6-5-11(18)8-13(14)17/h2-9,19H,1H3,(H,20,21)/t9-/m1/s1. The Morgan fingerprint density at radius 3 is 2.71 bits per heavy atom. The van der Waals surface area contributed by atoms with E-state index in [1.165, 1.54) is 12.1 Å². The van der Waals surface area contributed by atoms with Crippen LogP contribution in [0.3, 0.4) is 0 Å². The van der Waals surface area contributed by atoms with Gasteiger partial charge >= 0.3 is 0 Å². The van der Waals surface area contributed by atoms with Gasteiger partial charge in [-0.1, -0.05) is 33.6 Å². The molecule has 2 aromatic rings. The summed E-state index contributed by atoms with van der Waals surface area (Å²) in [5, 5.41) is 5.90. The van der Waals surface area contributed by atoms with Gasteiger partial charge < -0.3 is 10.6 Å². The number of nitrogens with one attached hydrogen (secondary N) is 2. The van der Waals surface area contributed by atoms with Crippen LogP contribution >= 0.6 is 27.5 Å². The average molecular weight is 372 g/mol. The highest BCUT2D eigenvalue weighted by molar-refractivity contribution is 9.10. The Balaban J connectivity index is 2.02. The van der Waals surface area contributed by atoms with E-state index >= 15 is 0 Å². The maximum atomic E-state index is 13.0. The Labute approximate surface area is 135 Å². The van der Waals surface area contributed by atoms with Crippen molar-refractivity contribution in [3.05, 3.63) is 57.8 Å². The third kappa shape index (κ3) is 4.44. The third-order valence-corrected chi connectivity index (χ3v) is 3.60. The van der Waals surface area contributed by atoms with Gasteiger partial charge in [0.1, 0.15) is 11.9 Å². The van der Waals surface area contributed by atoms with Crippen LogP contribution in [0.1, 0.15) is 6.92 Å². The van der Waals surface area contributed by atoms with Crippen molar-refractivity contribution < 1.29 is 9.18 Å². The SMILES string of the molecule is C[C@@H](Nc1cccc(Br)c1)C(=O)Nc1ccc(F)cc1Cl. The second kappa shape index (κ2) is 6.91. The second-order valence-corrected chi connectivity index (χ2v) is 5.81. The molecule has 0 radical (unpaired) electrons. The molecule has 0 spiro atoms. The highest BCUT2D eigenvalue weighted by Gasteiger charge is 2.14. The Kier molecular flexibility index (Phi) is 5.20. The van der Waals surface area contributed by atoms with E-state index in [9.17, 15) is 9.18 Å². The molecule has 0 heterocycles. The maximum Gasteiger partial charge on any atom is 0.246 e. The van der Waals surface area contributed by atoms with Crippen LogP contribution in [0, 0.1) is 5.82 Å². The van der Waals surface area contributed by atoms with Crippen LogP contribution in [0.25, 0.3) is 0 Å². The van der Waals surface area contributed by atoms with Crippen molar-refractivity contribution in [2.45, 2.75) is 13.0 Å². The van der Waals surface area contributed by atoms with Gasteiger partial charge in [-0.25, -0.2) is 4.39 Å². The predicted molar refractivity (Wildman–Crippen MR) is 87.3 cm³/mol. The Bertz CT molecular complexity index is 666. The molecule has 2 rings (SSSR count). The van der Waals surface area contributed by atoms with Crippen LogP contribution in [-0.4, -0.2) is 11.9 Å². The zero-order chi connectivity index (χ0) is 15.4. The molecule has 6 heteroatoms. The van der Waals surface area contributed by atoms with Gasteiger partial charge in [-0.05, 0) is 43.3 Å². The molecule has 0 aromatic heterocycles. The first-order chi connectivity index (χ1) is 9.95. The zero-order valence-corrected chi connectivity index (χ0v) is 13.5. The molecule has 2 N–H and O–H groups in total. The van der Waals surface area contributed by atoms with Crippen LogP contribution in [0.5, 0.6) is 0 Å². The van der Waals surface area contributed by atoms with E-state index in [1.54, 1.807) is 6.92 Å². The Morgan fingerprint density at radius 2 is 2.05 bits per heavy atom. The van der Waals surface area contributed by atoms with Crippen LogP contribution in [0.2, 0.25) is 5.02 Å². The topological polar surface area (TPSA) is 41.1 Å². The number of anilines is 2. The molecule has 0 fully saturated rings. The van der Waals surface area contributed by atoms with Crippen molar-refractivity contribution in [3.63, 3.8) is 0 Å². The van der Waals surface area contributed by atoms with Crippen molar-refractivity contribution in [2.24, 2.45) is 0 Å². The molecule has 0 aliphatic heterocycles. The van der Waals surface area contributed by atoms with Gasteiger partial charge in [-0.3, -0.25) is 4.79 Å². The summed E-state index contributed by atoms with van der Waals surface area (Å²) in [6.07, 6.45) is 0. The first-order valence-corrected chi connectivity index (χ1v) is 7.41. The molecule has 0 saturated heterocycles. The number of amides is 1. The van der Waals surface area contributed by atoms with E-state index < -0.39 is 11.9 Å². The van der Waals surface area contributed by atoms with Gasteiger partial charge in [0.05, 0.1) is 10.7 Å². The minimum Gasteiger partial charge on any atom is -0.374 e. The largest absolute Gasteiger partial charge is 0.374 e. The lowest BCUT2D eigenvalue weighted by Gasteiger charge is -2.16. The van der Waals surface area contributed by atoms with E-state index in [4.69, 9.17) is 11.6 Å². The van der Waals surface area contributed by atoms with E-state index in [0.29, 0.717) is 5.69 Å². The van der Waals surface area contributed by atoms with E-state index in [-0.39, 0.29) is 10.9 Å². The van der Waals surface area contributed by atoms with Crippen LogP contribution in [-0.2, 0) is 4.79 Å². The van der Waals surface area contributed by atoms with Crippen molar-refractivity contribution in [1.82, 2.24) is 0 Å². The monoisotopic (exact) mass is 370 g/mol. The second-order valence-electron chi connectivity index (χ2n) is 4.49. The molecule has 0 aliphatic carbocycles. The lowest BCUT2D eigenvalue weighted by Crippen LogP contribution is -2.31. The summed E-state index contributed by atoms with van der Waals surface area (Å²) >= 11 is 9.24. The summed E-state index contributed by atoms with van der Waals surface area (Å²) in [5.74, 6) is -0.707. The van der Waals surface area contributed by atoms with Crippen LogP contribution in [0.15, 0.2) is 46.9 Å². The molecule has 21 heavy (non-hydrogen) atoms. The lowest BCUT2D eigenvalue weighted by atomic mass is 10.2. The first-order valence-electron chi connectivity index (χ1n) is 6.24. The highest BCUT2D eigenvalue weighted by Crippen LogP contribution is 2.23. The number of carbonyl (C=O) groups excluding carboxylic acids is 1. The minimum atomic E-state index is -0.472. The Morgan fingerprint density at radius 1 is 1.29 bits per heavy atom. The quantitative estimate of drug-likeness (QED) is 0.819. The summed E-state index contributed by atoms with van der Waals surface area (Å²) in [4.78, 5) is 12.1. The summed E-state index contributed by atoms with van der Waals surface area (Å²) in [6.45, 7) is 1.73. The van der Waals surface area contributed by atoms with E-state index in [0.717, 1.165) is 16.2 Å². The summed E-state index contributed by atoms with van der Waals surface area (Å²) in [7, 11) is 0. The normalized spacial score (nSPS) is 11.8. The molecule has 1 atom stereocenters. The summed E-state index contributed by atoms with van der Waals surface area (Å²) in [6, 6.07) is 10.9. The van der Waals surface area contributed by atoms with Gasteiger partial charge in [-0.2, -0.15) is 0 Å². The fourth-order valence-electron chi connectivity index (χ4n) is 1.73. The number of rotatable bonds is 4. The van der Waals surface area contributed by atoms with Gasteiger partial charge in [0.2, 0.25) is 5.91 Å². The smallest absolute Gasteiger partial charge is 0.246 e. The number of hydrogen-bond acceptors (Lipinski definition) is 2. The molecule has 2 aromatic carbocycles. The zero-order valence-electron chi connectivity index (χ0n) is 11.2. The molecule has 3 nitrogen and oxygen atoms in total. The fourth-order valence-corrected chi connectivity index (χ4v) is 2.34. The van der Waals surface area contributed by atoms with Crippen molar-refractivity contribution in [3.8, 4) is 0 Å². The van der Waals surface area contributed by atoms with Crippen molar-refractivity contribution in [1.29, 1.82) is 0 Å². The molecule has 0 bridgehead atoms. The van der Waals surface area contributed by atoms with E-state index in [2.05, 4.69) is 26.6 Å². The molecule has 0 aliphatic rings. The number of halogens is 3. The van der Waals surface area contributed by atoms with Crippen LogP contribution < -0.4 is 10.6 Å². The lowest BCUT2D eigenvalue weighted by molar-refractivity contribution is -0.116. The number of hydrogen-bond donors (Lipinski definition) is 2. The van der Waals surface area contributed by atoms with E-state index in [1.807, 2.05) is 24.3 Å². The summed E-state index contributed by atoms with van der Waals surface area (Å²) in [5.41, 5.74) is 1.20. The summed E-state index contributed by atoms with van der Waals surface area (Å²) < 4.78 is 13.9. The van der Waals surface area contributed by atoms with Crippen molar-refractivity contribution >= 4 is 44.8 Å². The average Bonchev–Trinajstić information content (AvgIpc) is 2.41. The predicted octanol–water partition coefficient (Wildman–Crippen LogP) is 4.68. The molecule has 0 saturated carbocycles. The van der Waals surface area contributed by atoms with Gasteiger partial charge in [0, 0.05) is 10.2 Å². The fraction of sp³-hybridized carbons (Fsp3) is 0.133. The molecule has 110 valence electrons. The third-order valence-electron chi connectivity index (χ3n) is 2.79. The van der Waals surface area contributed by atoms with Gasteiger partial charge in [0.15, 0.2) is 0 Å². The van der Waals surface area contributed by atoms with Crippen molar-refractivity contribution in [2.75, 3.05) is 10.6 Å². The number of benzene rings is 2. The maximum absolute atomic E-state index is 13.0. The molecule has 0 unspecified atom stereocenters. The van der Waals surface area contributed by atoms with Crippen LogP contribution in [0.4, 0.5) is 15.8 Å². The number of carbonyl (C=O) groups is 1. The highest BCUT2D eigenvalue weighted by atomic mass is 79.9. The molecular weight excluding hydrogens is 359 g/mol. The Hall–Kier alpha value is -1.59. The minimum absolute atomic E-state index is 0.165.